The number of thioether (sulfide) groups is 1. The quantitative estimate of drug-likeness (QED) is 0.713. The van der Waals surface area contributed by atoms with Crippen LogP contribution in [-0.4, -0.2) is 65.9 Å². The maximum atomic E-state index is 12.3. The van der Waals surface area contributed by atoms with Crippen molar-refractivity contribution in [3.8, 4) is 5.88 Å². The maximum absolute atomic E-state index is 12.3. The Labute approximate surface area is 137 Å². The number of carbonyl (C=O) groups excluding carboxylic acids is 1. The van der Waals surface area contributed by atoms with Gasteiger partial charge in [-0.25, -0.2) is 9.67 Å². The van der Waals surface area contributed by atoms with Crippen molar-refractivity contribution in [2.24, 2.45) is 7.05 Å². The Balaban J connectivity index is 1.51. The van der Waals surface area contributed by atoms with Gasteiger partial charge in [0, 0.05) is 26.0 Å². The summed E-state index contributed by atoms with van der Waals surface area (Å²) in [5.41, 5.74) is 0. The highest BCUT2D eigenvalue weighted by Gasteiger charge is 2.25. The predicted octanol–water partition coefficient (Wildman–Crippen LogP) is 0.162. The molecule has 0 aliphatic carbocycles. The monoisotopic (exact) mass is 335 g/mol. The average Bonchev–Trinajstić information content (AvgIpc) is 2.99. The van der Waals surface area contributed by atoms with Gasteiger partial charge >= 0.3 is 0 Å². The van der Waals surface area contributed by atoms with Crippen LogP contribution in [0.3, 0.4) is 0 Å². The number of amides is 1. The molecule has 0 N–H and O–H groups in total. The van der Waals surface area contributed by atoms with Gasteiger partial charge < -0.3 is 9.64 Å². The maximum Gasteiger partial charge on any atom is 0.233 e. The van der Waals surface area contributed by atoms with E-state index in [9.17, 15) is 4.79 Å². The second-order valence-corrected chi connectivity index (χ2v) is 6.08. The van der Waals surface area contributed by atoms with E-state index in [2.05, 4.69) is 25.5 Å². The average molecular weight is 335 g/mol. The molecule has 122 valence electrons. The molecule has 1 atom stereocenters. The number of nitrogens with zero attached hydrogens (tertiary/aromatic N) is 7. The van der Waals surface area contributed by atoms with E-state index in [1.807, 2.05) is 4.90 Å². The number of hydrogen-bond acceptors (Lipinski definition) is 8. The topological polar surface area (TPSA) is 98.9 Å². The summed E-state index contributed by atoms with van der Waals surface area (Å²) < 4.78 is 7.34. The lowest BCUT2D eigenvalue weighted by Crippen LogP contribution is -2.45. The number of tetrazole rings is 1. The number of hydrogen-bond donors (Lipinski definition) is 0. The minimum Gasteiger partial charge on any atom is -0.471 e. The van der Waals surface area contributed by atoms with Gasteiger partial charge in [0.1, 0.15) is 6.10 Å². The lowest BCUT2D eigenvalue weighted by atomic mass is 10.1. The zero-order chi connectivity index (χ0) is 16.1. The van der Waals surface area contributed by atoms with Gasteiger partial charge in [0.25, 0.3) is 0 Å². The van der Waals surface area contributed by atoms with E-state index in [-0.39, 0.29) is 12.0 Å². The van der Waals surface area contributed by atoms with E-state index < -0.39 is 0 Å². The molecule has 3 heterocycles. The molecule has 0 aromatic carbocycles. The summed E-state index contributed by atoms with van der Waals surface area (Å²) in [6.07, 6.45) is 6.53. The van der Waals surface area contributed by atoms with Crippen molar-refractivity contribution in [2.75, 3.05) is 18.8 Å². The molecule has 1 aliphatic heterocycles. The summed E-state index contributed by atoms with van der Waals surface area (Å²) in [7, 11) is 1.75. The van der Waals surface area contributed by atoms with E-state index >= 15 is 0 Å². The van der Waals surface area contributed by atoms with Gasteiger partial charge in [0.2, 0.25) is 16.9 Å². The first-order valence-corrected chi connectivity index (χ1v) is 8.26. The van der Waals surface area contributed by atoms with Crippen LogP contribution in [0.5, 0.6) is 5.88 Å². The van der Waals surface area contributed by atoms with Crippen LogP contribution in [0.25, 0.3) is 0 Å². The molecule has 1 aliphatic rings. The van der Waals surface area contributed by atoms with Crippen molar-refractivity contribution in [3.05, 3.63) is 18.6 Å². The van der Waals surface area contributed by atoms with E-state index in [4.69, 9.17) is 4.74 Å². The smallest absolute Gasteiger partial charge is 0.233 e. The summed E-state index contributed by atoms with van der Waals surface area (Å²) in [4.78, 5) is 22.3. The van der Waals surface area contributed by atoms with Crippen LogP contribution in [-0.2, 0) is 11.8 Å². The summed E-state index contributed by atoms with van der Waals surface area (Å²) in [6, 6.07) is 0. The zero-order valence-electron chi connectivity index (χ0n) is 12.7. The first-order chi connectivity index (χ1) is 11.2. The molecular weight excluding hydrogens is 318 g/mol. The molecule has 23 heavy (non-hydrogen) atoms. The number of ether oxygens (including phenoxy) is 1. The number of rotatable bonds is 5. The van der Waals surface area contributed by atoms with Gasteiger partial charge in [-0.2, -0.15) is 0 Å². The minimum absolute atomic E-state index is 0.0501. The standard InChI is InChI=1S/C13H17N7O2S/c1-19-13(16-17-18-19)23-9-12(21)20-6-2-3-10(8-20)22-11-7-14-4-5-15-11/h4-5,7,10H,2-3,6,8-9H2,1H3. The molecule has 3 rings (SSSR count). The fourth-order valence-corrected chi connectivity index (χ4v) is 3.09. The lowest BCUT2D eigenvalue weighted by molar-refractivity contribution is -0.130. The highest BCUT2D eigenvalue weighted by molar-refractivity contribution is 7.99. The van der Waals surface area contributed by atoms with E-state index in [0.29, 0.717) is 23.3 Å². The van der Waals surface area contributed by atoms with Gasteiger partial charge in [0.15, 0.2) is 0 Å². The van der Waals surface area contributed by atoms with Crippen LogP contribution in [0.1, 0.15) is 12.8 Å². The largest absolute Gasteiger partial charge is 0.471 e. The van der Waals surface area contributed by atoms with Crippen LogP contribution < -0.4 is 4.74 Å². The molecule has 2 aromatic rings. The Hall–Kier alpha value is -2.23. The van der Waals surface area contributed by atoms with Gasteiger partial charge in [-0.15, -0.1) is 5.10 Å². The second-order valence-electron chi connectivity index (χ2n) is 5.14. The van der Waals surface area contributed by atoms with Crippen molar-refractivity contribution in [2.45, 2.75) is 24.1 Å². The molecule has 1 unspecified atom stereocenters. The summed E-state index contributed by atoms with van der Waals surface area (Å²) >= 11 is 1.33. The molecule has 2 aromatic heterocycles. The van der Waals surface area contributed by atoms with E-state index in [1.165, 1.54) is 11.8 Å². The van der Waals surface area contributed by atoms with Crippen LogP contribution in [0.4, 0.5) is 0 Å². The van der Waals surface area contributed by atoms with Crippen molar-refractivity contribution in [1.82, 2.24) is 35.1 Å². The Kier molecular flexibility index (Phi) is 5.01. The third-order valence-corrected chi connectivity index (χ3v) is 4.46. The van der Waals surface area contributed by atoms with Gasteiger partial charge in [-0.3, -0.25) is 9.78 Å². The molecule has 10 heteroatoms. The van der Waals surface area contributed by atoms with Crippen LogP contribution >= 0.6 is 11.8 Å². The lowest BCUT2D eigenvalue weighted by Gasteiger charge is -2.32. The third-order valence-electron chi connectivity index (χ3n) is 3.46. The normalized spacial score (nSPS) is 18.0. The molecular formula is C13H17N7O2S. The van der Waals surface area contributed by atoms with Crippen molar-refractivity contribution < 1.29 is 9.53 Å². The fraction of sp³-hybridized carbons (Fsp3) is 0.538. The van der Waals surface area contributed by atoms with Crippen molar-refractivity contribution in [3.63, 3.8) is 0 Å². The Morgan fingerprint density at radius 1 is 1.48 bits per heavy atom. The Morgan fingerprint density at radius 2 is 2.39 bits per heavy atom. The molecule has 0 saturated carbocycles. The Morgan fingerprint density at radius 3 is 3.13 bits per heavy atom. The predicted molar refractivity (Wildman–Crippen MR) is 81.8 cm³/mol. The van der Waals surface area contributed by atoms with Gasteiger partial charge in [-0.1, -0.05) is 11.8 Å². The van der Waals surface area contributed by atoms with Crippen LogP contribution in [0.15, 0.2) is 23.7 Å². The van der Waals surface area contributed by atoms with Crippen molar-refractivity contribution in [1.29, 1.82) is 0 Å². The molecule has 1 saturated heterocycles. The van der Waals surface area contributed by atoms with E-state index in [1.54, 1.807) is 30.3 Å². The second kappa shape index (κ2) is 7.36. The Bertz CT molecular complexity index is 651. The zero-order valence-corrected chi connectivity index (χ0v) is 13.5. The number of aryl methyl sites for hydroxylation is 1. The fourth-order valence-electron chi connectivity index (χ4n) is 2.34. The van der Waals surface area contributed by atoms with Gasteiger partial charge in [0.05, 0.1) is 18.5 Å². The number of piperidine rings is 1. The molecule has 0 spiro atoms. The number of aromatic nitrogens is 6. The van der Waals surface area contributed by atoms with Gasteiger partial charge in [-0.05, 0) is 23.3 Å². The summed E-state index contributed by atoms with van der Waals surface area (Å²) in [6.45, 7) is 1.31. The summed E-state index contributed by atoms with van der Waals surface area (Å²) in [5, 5.41) is 11.8. The highest BCUT2D eigenvalue weighted by Crippen LogP contribution is 2.18. The minimum atomic E-state index is -0.0501. The van der Waals surface area contributed by atoms with Crippen LogP contribution in [0.2, 0.25) is 0 Å². The molecule has 0 radical (unpaired) electrons. The molecule has 1 amide bonds. The first kappa shape index (κ1) is 15.7. The molecule has 9 nitrogen and oxygen atoms in total. The first-order valence-electron chi connectivity index (χ1n) is 7.28. The molecule has 1 fully saturated rings. The summed E-state index contributed by atoms with van der Waals surface area (Å²) in [5.74, 6) is 0.864. The number of carbonyl (C=O) groups is 1. The highest BCUT2D eigenvalue weighted by atomic mass is 32.2. The molecule has 0 bridgehead atoms. The SMILES string of the molecule is Cn1nnnc1SCC(=O)N1CCCC(Oc2cnccn2)C1. The van der Waals surface area contributed by atoms with E-state index in [0.717, 1.165) is 19.4 Å². The van der Waals surface area contributed by atoms with Crippen LogP contribution in [0, 0.1) is 0 Å². The third kappa shape index (κ3) is 4.15. The number of likely N-dealkylation sites (tertiary alicyclic amines) is 1. The van der Waals surface area contributed by atoms with Crippen molar-refractivity contribution >= 4 is 17.7 Å².